The third kappa shape index (κ3) is 5.63. The van der Waals surface area contributed by atoms with Crippen LogP contribution in [-0.2, 0) is 14.2 Å². The highest BCUT2D eigenvalue weighted by Crippen LogP contribution is 2.40. The maximum atomic E-state index is 13.8. The largest absolute Gasteiger partial charge is 0.508 e. The van der Waals surface area contributed by atoms with E-state index in [9.17, 15) is 50.8 Å². The van der Waals surface area contributed by atoms with Crippen molar-refractivity contribution in [2.45, 2.75) is 68.3 Å². The summed E-state index contributed by atoms with van der Waals surface area (Å²) in [5.74, 6) is -2.23. The number of hydrogen-bond acceptors (Lipinski definition) is 16. The summed E-state index contributed by atoms with van der Waals surface area (Å²) in [5.41, 5.74) is -1.09. The monoisotopic (exact) mass is 624 g/mol. The zero-order chi connectivity index (χ0) is 32.0. The lowest BCUT2D eigenvalue weighted by Gasteiger charge is -2.45. The molecule has 10 atom stereocenters. The maximum Gasteiger partial charge on any atom is 0.239 e. The van der Waals surface area contributed by atoms with Crippen LogP contribution in [0.5, 0.6) is 28.7 Å². The van der Waals surface area contributed by atoms with E-state index in [4.69, 9.17) is 28.1 Å². The second-order valence-electron chi connectivity index (χ2n) is 10.4. The van der Waals surface area contributed by atoms with E-state index >= 15 is 0 Å². The van der Waals surface area contributed by atoms with Gasteiger partial charge in [-0.25, -0.2) is 0 Å². The lowest BCUT2D eigenvalue weighted by Crippen LogP contribution is -2.64. The summed E-state index contributed by atoms with van der Waals surface area (Å²) in [7, 11) is 1.29. The first-order valence-electron chi connectivity index (χ1n) is 13.4. The first-order chi connectivity index (χ1) is 20.9. The molecule has 2 aromatic carbocycles. The topological polar surface area (TPSA) is 258 Å². The van der Waals surface area contributed by atoms with E-state index in [-0.39, 0.29) is 28.4 Å². The van der Waals surface area contributed by atoms with Gasteiger partial charge in [0.05, 0.1) is 19.8 Å². The van der Waals surface area contributed by atoms with Gasteiger partial charge in [-0.15, -0.1) is 0 Å². The molecule has 240 valence electrons. The van der Waals surface area contributed by atoms with Gasteiger partial charge in [-0.05, 0) is 25.1 Å². The number of phenols is 3. The second-order valence-corrected chi connectivity index (χ2v) is 10.4. The Hall–Kier alpha value is -3.71. The molecule has 2 aliphatic rings. The van der Waals surface area contributed by atoms with Crippen molar-refractivity contribution >= 4 is 11.0 Å². The van der Waals surface area contributed by atoms with E-state index in [0.29, 0.717) is 0 Å². The number of phenolic OH excluding ortho intramolecular Hbond substituents is 3. The molecule has 9 N–H and O–H groups in total. The van der Waals surface area contributed by atoms with Crippen molar-refractivity contribution in [3.05, 3.63) is 40.6 Å². The predicted octanol–water partition coefficient (Wildman–Crippen LogP) is -1.38. The number of aromatic hydroxyl groups is 3. The van der Waals surface area contributed by atoms with E-state index in [1.165, 1.54) is 32.2 Å². The molecule has 5 rings (SSSR count). The highest BCUT2D eigenvalue weighted by atomic mass is 16.8. The van der Waals surface area contributed by atoms with Crippen molar-refractivity contribution in [1.29, 1.82) is 0 Å². The first kappa shape index (κ1) is 31.7. The summed E-state index contributed by atoms with van der Waals surface area (Å²) in [6.45, 7) is 0.613. The Balaban J connectivity index is 1.61. The molecule has 2 fully saturated rings. The van der Waals surface area contributed by atoms with Crippen LogP contribution in [0.1, 0.15) is 6.92 Å². The summed E-state index contributed by atoms with van der Waals surface area (Å²) in [5, 5.41) is 92.0. The molecule has 0 saturated carbocycles. The molecule has 44 heavy (non-hydrogen) atoms. The minimum absolute atomic E-state index is 0.0140. The van der Waals surface area contributed by atoms with Crippen LogP contribution in [0.3, 0.4) is 0 Å². The molecule has 16 heteroatoms. The number of benzene rings is 2. The van der Waals surface area contributed by atoms with Crippen LogP contribution in [0.15, 0.2) is 39.5 Å². The van der Waals surface area contributed by atoms with Crippen molar-refractivity contribution in [1.82, 2.24) is 0 Å². The van der Waals surface area contributed by atoms with E-state index in [0.717, 1.165) is 12.1 Å². The lowest BCUT2D eigenvalue weighted by molar-refractivity contribution is -0.355. The minimum Gasteiger partial charge on any atom is -0.508 e. The van der Waals surface area contributed by atoms with Crippen molar-refractivity contribution in [2.75, 3.05) is 13.7 Å². The standard InChI is InChI=1S/C28H32O16/c1-9-18(33)22(37)26(44-27-23(38)21(36)19(34)16(8-29)42-27)28(40-9)43-25-20(35)17-13(32)6-11(30)7-15(17)41-24(25)10-3-4-12(31)14(5-10)39-2/h3-7,9,16,18-19,21-23,26-34,36-38H,8H2,1-2H3/t9-,16-,18+,19-,21+,22-,23-,26-,27-,28-/m1/s1. The summed E-state index contributed by atoms with van der Waals surface area (Å²) >= 11 is 0. The van der Waals surface area contributed by atoms with Crippen LogP contribution in [0.4, 0.5) is 0 Å². The van der Waals surface area contributed by atoms with Crippen molar-refractivity contribution < 1.29 is 74.1 Å². The fourth-order valence-corrected chi connectivity index (χ4v) is 5.08. The van der Waals surface area contributed by atoms with Crippen LogP contribution < -0.4 is 14.9 Å². The second kappa shape index (κ2) is 12.4. The van der Waals surface area contributed by atoms with Gasteiger partial charge in [0.15, 0.2) is 29.7 Å². The minimum atomic E-state index is -1.90. The third-order valence-electron chi connectivity index (χ3n) is 7.52. The Labute approximate surface area is 248 Å². The number of aliphatic hydroxyl groups excluding tert-OH is 6. The summed E-state index contributed by atoms with van der Waals surface area (Å²) in [6, 6.07) is 5.87. The molecule has 2 aliphatic heterocycles. The molecule has 0 spiro atoms. The van der Waals surface area contributed by atoms with Crippen molar-refractivity contribution in [2.24, 2.45) is 0 Å². The van der Waals surface area contributed by atoms with Crippen LogP contribution in [0, 0.1) is 0 Å². The zero-order valence-electron chi connectivity index (χ0n) is 23.3. The SMILES string of the molecule is COc1cc(-c2oc3cc(O)cc(O)c3c(=O)c2O[C@H]2O[C@H](C)[C@H](O)[C@@H](O)[C@H]2O[C@H]2O[C@H](CO)[C@@H](O)[C@H](O)[C@H]2O)ccc1O. The van der Waals surface area contributed by atoms with Gasteiger partial charge in [0.25, 0.3) is 0 Å². The fourth-order valence-electron chi connectivity index (χ4n) is 5.08. The van der Waals surface area contributed by atoms with Crippen LogP contribution in [0.25, 0.3) is 22.3 Å². The summed E-state index contributed by atoms with van der Waals surface area (Å²) < 4.78 is 33.8. The van der Waals surface area contributed by atoms with Crippen LogP contribution >= 0.6 is 0 Å². The van der Waals surface area contributed by atoms with Crippen molar-refractivity contribution in [3.8, 4) is 40.1 Å². The number of aliphatic hydroxyl groups is 6. The molecule has 2 saturated heterocycles. The normalized spacial score (nSPS) is 32.5. The molecule has 3 aromatic rings. The Bertz CT molecular complexity index is 1550. The number of fused-ring (bicyclic) bond motifs is 1. The average molecular weight is 625 g/mol. The van der Waals surface area contributed by atoms with Gasteiger partial charge >= 0.3 is 0 Å². The van der Waals surface area contributed by atoms with Gasteiger partial charge in [-0.2, -0.15) is 0 Å². The molecular formula is C28H32O16. The maximum absolute atomic E-state index is 13.8. The Morgan fingerprint density at radius 1 is 0.841 bits per heavy atom. The summed E-state index contributed by atoms with van der Waals surface area (Å²) in [4.78, 5) is 13.8. The van der Waals surface area contributed by atoms with Crippen LogP contribution in [-0.4, -0.2) is 121 Å². The third-order valence-corrected chi connectivity index (χ3v) is 7.52. The van der Waals surface area contributed by atoms with E-state index in [1.807, 2.05) is 0 Å². The highest BCUT2D eigenvalue weighted by molar-refractivity contribution is 5.88. The van der Waals surface area contributed by atoms with Crippen LogP contribution in [0.2, 0.25) is 0 Å². The first-order valence-corrected chi connectivity index (χ1v) is 13.4. The molecule has 16 nitrogen and oxygen atoms in total. The number of rotatable bonds is 7. The van der Waals surface area contributed by atoms with E-state index in [2.05, 4.69) is 0 Å². The zero-order valence-corrected chi connectivity index (χ0v) is 23.3. The Kier molecular flexibility index (Phi) is 8.90. The molecule has 0 amide bonds. The smallest absolute Gasteiger partial charge is 0.239 e. The molecule has 0 aliphatic carbocycles. The van der Waals surface area contributed by atoms with Gasteiger partial charge in [0, 0.05) is 17.7 Å². The molecule has 0 unspecified atom stereocenters. The van der Waals surface area contributed by atoms with Gasteiger partial charge < -0.3 is 74.1 Å². The lowest BCUT2D eigenvalue weighted by atomic mass is 9.97. The molecular weight excluding hydrogens is 592 g/mol. The number of methoxy groups -OCH3 is 1. The number of hydrogen-bond donors (Lipinski definition) is 9. The molecule has 1 aromatic heterocycles. The van der Waals surface area contributed by atoms with Gasteiger partial charge in [0.2, 0.25) is 17.5 Å². The van der Waals surface area contributed by atoms with Gasteiger partial charge in [-0.1, -0.05) is 0 Å². The van der Waals surface area contributed by atoms with Gasteiger partial charge in [-0.3, -0.25) is 4.79 Å². The fraction of sp³-hybridized carbons (Fsp3) is 0.464. The Morgan fingerprint density at radius 3 is 2.25 bits per heavy atom. The average Bonchev–Trinajstić information content (AvgIpc) is 2.99. The molecule has 0 radical (unpaired) electrons. The quantitative estimate of drug-likeness (QED) is 0.147. The van der Waals surface area contributed by atoms with Gasteiger partial charge in [0.1, 0.15) is 59.1 Å². The van der Waals surface area contributed by atoms with E-state index in [1.54, 1.807) is 0 Å². The molecule has 3 heterocycles. The molecule has 0 bridgehead atoms. The summed E-state index contributed by atoms with van der Waals surface area (Å²) in [6.07, 6.45) is -16.6. The highest BCUT2D eigenvalue weighted by Gasteiger charge is 2.51. The van der Waals surface area contributed by atoms with E-state index < -0.39 is 96.1 Å². The van der Waals surface area contributed by atoms with Crippen molar-refractivity contribution in [3.63, 3.8) is 0 Å². The number of ether oxygens (including phenoxy) is 5. The predicted molar refractivity (Wildman–Crippen MR) is 145 cm³/mol. The Morgan fingerprint density at radius 2 is 1.57 bits per heavy atom.